The average Bonchev–Trinajstić information content (AvgIpc) is 2.58. The Hall–Kier alpha value is -1.23. The molecule has 0 N–H and O–H groups in total. The van der Waals surface area contributed by atoms with Crippen molar-refractivity contribution in [2.75, 3.05) is 13.2 Å². The molecule has 0 aliphatic heterocycles. The normalized spacial score (nSPS) is 11.9. The third-order valence-corrected chi connectivity index (χ3v) is 5.00. The van der Waals surface area contributed by atoms with Gasteiger partial charge in [-0.2, -0.15) is 0 Å². The Morgan fingerprint density at radius 2 is 1.50 bits per heavy atom. The molecule has 0 amide bonds. The van der Waals surface area contributed by atoms with Gasteiger partial charge in [0.15, 0.2) is 0 Å². The molecule has 1 unspecified atom stereocenters. The Kier molecular flexibility index (Phi) is 7.57. The van der Waals surface area contributed by atoms with E-state index in [0.29, 0.717) is 3.92 Å². The summed E-state index contributed by atoms with van der Waals surface area (Å²) in [5.41, 5.74) is 1.34. The van der Waals surface area contributed by atoms with E-state index >= 15 is 0 Å². The molecule has 2 aromatic rings. The second kappa shape index (κ2) is 9.72. The van der Waals surface area contributed by atoms with Crippen LogP contribution in [0.2, 0.25) is 0 Å². The molecule has 0 saturated heterocycles. The summed E-state index contributed by atoms with van der Waals surface area (Å²) in [5.74, 6) is 1.90. The molecule has 2 aromatic carbocycles. The van der Waals surface area contributed by atoms with Crippen LogP contribution in [0.15, 0.2) is 54.6 Å². The molecule has 1 atom stereocenters. The maximum atomic E-state index is 5.83. The van der Waals surface area contributed by atoms with Crippen LogP contribution in [0, 0.1) is 0 Å². The van der Waals surface area contributed by atoms with Crippen molar-refractivity contribution in [1.29, 1.82) is 0 Å². The summed E-state index contributed by atoms with van der Waals surface area (Å²) in [7, 11) is 0. The smallest absolute Gasteiger partial charge is 0.119 e. The van der Waals surface area contributed by atoms with Crippen LogP contribution in [0.25, 0.3) is 0 Å². The number of halogens is 1. The molecule has 0 bridgehead atoms. The molecule has 0 radical (unpaired) electrons. The lowest BCUT2D eigenvalue weighted by molar-refractivity contribution is 0.266. The third kappa shape index (κ3) is 5.87. The van der Waals surface area contributed by atoms with E-state index in [1.807, 2.05) is 36.4 Å². The lowest BCUT2D eigenvalue weighted by atomic mass is 10.1. The van der Waals surface area contributed by atoms with Crippen molar-refractivity contribution in [2.45, 2.75) is 30.1 Å². The summed E-state index contributed by atoms with van der Waals surface area (Å²) in [4.78, 5) is 0. The quantitative estimate of drug-likeness (QED) is 0.295. The Labute approximate surface area is 147 Å². The fourth-order valence-corrected chi connectivity index (χ4v) is 2.52. The first-order valence-corrected chi connectivity index (χ1v) is 9.09. The molecule has 0 aliphatic carbocycles. The minimum Gasteiger partial charge on any atom is -0.494 e. The highest BCUT2D eigenvalue weighted by molar-refractivity contribution is 14.1. The van der Waals surface area contributed by atoms with Gasteiger partial charge in [0.2, 0.25) is 0 Å². The van der Waals surface area contributed by atoms with Crippen LogP contribution in [0.3, 0.4) is 0 Å². The van der Waals surface area contributed by atoms with E-state index in [1.165, 1.54) is 5.56 Å². The molecule has 2 rings (SSSR count). The first kappa shape index (κ1) is 17.1. The molecule has 0 saturated carbocycles. The summed E-state index contributed by atoms with van der Waals surface area (Å²) >= 11 is 2.48. The lowest BCUT2D eigenvalue weighted by Gasteiger charge is -2.11. The van der Waals surface area contributed by atoms with Gasteiger partial charge < -0.3 is 9.47 Å². The topological polar surface area (TPSA) is 18.5 Å². The number of hydrogen-bond donors (Lipinski definition) is 0. The van der Waals surface area contributed by atoms with Gasteiger partial charge in [0.1, 0.15) is 11.5 Å². The van der Waals surface area contributed by atoms with Gasteiger partial charge in [-0.25, -0.2) is 0 Å². The first-order valence-electron chi connectivity index (χ1n) is 7.84. The number of alkyl halides is 1. The molecular weight excluding hydrogens is 387 g/mol. The van der Waals surface area contributed by atoms with Gasteiger partial charge in [0, 0.05) is 3.92 Å². The molecular formula is C19H23IO2. The van der Waals surface area contributed by atoms with Crippen LogP contribution in [0.1, 0.15) is 35.7 Å². The molecule has 2 nitrogen and oxygen atoms in total. The zero-order valence-corrected chi connectivity index (χ0v) is 15.2. The molecule has 3 heteroatoms. The van der Waals surface area contributed by atoms with Gasteiger partial charge in [0.25, 0.3) is 0 Å². The van der Waals surface area contributed by atoms with Crippen molar-refractivity contribution in [3.8, 4) is 11.5 Å². The van der Waals surface area contributed by atoms with Crippen LogP contribution in [0.5, 0.6) is 11.5 Å². The number of hydrogen-bond acceptors (Lipinski definition) is 2. The highest BCUT2D eigenvalue weighted by atomic mass is 127. The predicted molar refractivity (Wildman–Crippen MR) is 100 cm³/mol. The van der Waals surface area contributed by atoms with Crippen LogP contribution in [0.4, 0.5) is 0 Å². The summed E-state index contributed by atoms with van der Waals surface area (Å²) in [6.07, 6.45) is 3.14. The molecule has 0 aromatic heterocycles. The van der Waals surface area contributed by atoms with Crippen molar-refractivity contribution in [3.63, 3.8) is 0 Å². The minimum absolute atomic E-state index is 0.556. The molecule has 0 heterocycles. The van der Waals surface area contributed by atoms with Crippen molar-refractivity contribution in [2.24, 2.45) is 0 Å². The van der Waals surface area contributed by atoms with Gasteiger partial charge in [-0.15, -0.1) is 0 Å². The molecule has 0 spiro atoms. The van der Waals surface area contributed by atoms with Gasteiger partial charge in [0.05, 0.1) is 13.2 Å². The van der Waals surface area contributed by atoms with Crippen molar-refractivity contribution < 1.29 is 9.47 Å². The minimum atomic E-state index is 0.556. The Morgan fingerprint density at radius 1 is 0.864 bits per heavy atom. The standard InChI is InChI=1S/C19H23IO2/c1-2-19(20)16-9-8-12-18(15-16)22-14-7-6-13-21-17-10-4-3-5-11-17/h3-5,8-12,15,19H,2,6-7,13-14H2,1H3. The Morgan fingerprint density at radius 3 is 2.18 bits per heavy atom. The maximum absolute atomic E-state index is 5.83. The van der Waals surface area contributed by atoms with E-state index < -0.39 is 0 Å². The summed E-state index contributed by atoms with van der Waals surface area (Å²) in [6, 6.07) is 18.4. The highest BCUT2D eigenvalue weighted by Gasteiger charge is 2.05. The van der Waals surface area contributed by atoms with Crippen molar-refractivity contribution in [3.05, 3.63) is 60.2 Å². The second-order valence-corrected chi connectivity index (χ2v) is 6.67. The number of para-hydroxylation sites is 1. The van der Waals surface area contributed by atoms with Gasteiger partial charge in [-0.1, -0.05) is 59.8 Å². The number of unbranched alkanes of at least 4 members (excludes halogenated alkanes) is 1. The summed E-state index contributed by atoms with van der Waals surface area (Å²) < 4.78 is 12.1. The Balaban J connectivity index is 1.64. The highest BCUT2D eigenvalue weighted by Crippen LogP contribution is 2.29. The molecule has 118 valence electrons. The molecule has 22 heavy (non-hydrogen) atoms. The van der Waals surface area contributed by atoms with E-state index in [-0.39, 0.29) is 0 Å². The van der Waals surface area contributed by atoms with Gasteiger partial charge in [-0.05, 0) is 49.1 Å². The van der Waals surface area contributed by atoms with E-state index in [2.05, 4.69) is 47.7 Å². The number of benzene rings is 2. The SMILES string of the molecule is CCC(I)c1cccc(OCCCCOc2ccccc2)c1. The zero-order valence-electron chi connectivity index (χ0n) is 13.0. The van der Waals surface area contributed by atoms with Crippen molar-refractivity contribution in [1.82, 2.24) is 0 Å². The average molecular weight is 410 g/mol. The van der Waals surface area contributed by atoms with Crippen LogP contribution >= 0.6 is 22.6 Å². The maximum Gasteiger partial charge on any atom is 0.119 e. The third-order valence-electron chi connectivity index (χ3n) is 3.40. The number of ether oxygens (including phenoxy) is 2. The van der Waals surface area contributed by atoms with Crippen LogP contribution in [-0.4, -0.2) is 13.2 Å². The monoisotopic (exact) mass is 410 g/mol. The molecule has 0 fully saturated rings. The zero-order chi connectivity index (χ0) is 15.6. The largest absolute Gasteiger partial charge is 0.494 e. The molecule has 0 aliphatic rings. The summed E-state index contributed by atoms with van der Waals surface area (Å²) in [5, 5.41) is 0. The predicted octanol–water partition coefficient (Wildman–Crippen LogP) is 5.81. The first-order chi connectivity index (χ1) is 10.8. The van der Waals surface area contributed by atoms with E-state index in [9.17, 15) is 0 Å². The number of rotatable bonds is 9. The fraction of sp³-hybridized carbons (Fsp3) is 0.368. The van der Waals surface area contributed by atoms with E-state index in [1.54, 1.807) is 0 Å². The van der Waals surface area contributed by atoms with E-state index in [0.717, 1.165) is 44.0 Å². The second-order valence-electron chi connectivity index (χ2n) is 5.17. The van der Waals surface area contributed by atoms with E-state index in [4.69, 9.17) is 9.47 Å². The van der Waals surface area contributed by atoms with Crippen molar-refractivity contribution >= 4 is 22.6 Å². The fourth-order valence-electron chi connectivity index (χ4n) is 2.14. The van der Waals surface area contributed by atoms with Gasteiger partial charge >= 0.3 is 0 Å². The van der Waals surface area contributed by atoms with Crippen LogP contribution < -0.4 is 9.47 Å². The van der Waals surface area contributed by atoms with Crippen LogP contribution in [-0.2, 0) is 0 Å². The lowest BCUT2D eigenvalue weighted by Crippen LogP contribution is -2.02. The summed E-state index contributed by atoms with van der Waals surface area (Å²) in [6.45, 7) is 3.68. The Bertz CT molecular complexity index is 542. The van der Waals surface area contributed by atoms with Gasteiger partial charge in [-0.3, -0.25) is 0 Å².